The number of likely N-dealkylation sites (tertiary alicyclic amines) is 1. The number of benzene rings is 2. The molecule has 3 aromatic rings. The summed E-state index contributed by atoms with van der Waals surface area (Å²) in [5.74, 6) is 1.10. The fourth-order valence-electron chi connectivity index (χ4n) is 3.93. The van der Waals surface area contributed by atoms with Crippen LogP contribution in [0.3, 0.4) is 0 Å². The monoisotopic (exact) mass is 390 g/mol. The van der Waals surface area contributed by atoms with Crippen LogP contribution in [0, 0.1) is 0 Å². The summed E-state index contributed by atoms with van der Waals surface area (Å²) < 4.78 is 0. The number of amides is 2. The van der Waals surface area contributed by atoms with E-state index < -0.39 is 0 Å². The summed E-state index contributed by atoms with van der Waals surface area (Å²) in [5.41, 5.74) is 2.60. The molecule has 0 bridgehead atoms. The first kappa shape index (κ1) is 19.2. The van der Waals surface area contributed by atoms with Crippen LogP contribution in [0.25, 0.3) is 11.0 Å². The lowest BCUT2D eigenvalue weighted by Gasteiger charge is -2.32. The molecule has 150 valence electrons. The first-order valence-corrected chi connectivity index (χ1v) is 10.2. The van der Waals surface area contributed by atoms with Crippen molar-refractivity contribution in [3.05, 3.63) is 66.0 Å². The van der Waals surface area contributed by atoms with Crippen molar-refractivity contribution in [2.45, 2.75) is 38.1 Å². The average Bonchev–Trinajstić information content (AvgIpc) is 3.19. The maximum atomic E-state index is 12.8. The van der Waals surface area contributed by atoms with Crippen LogP contribution in [-0.2, 0) is 4.79 Å². The van der Waals surface area contributed by atoms with Crippen LogP contribution in [0.15, 0.2) is 54.6 Å². The van der Waals surface area contributed by atoms with E-state index in [0.717, 1.165) is 36.2 Å². The molecule has 1 aromatic heterocycles. The minimum absolute atomic E-state index is 0.0756. The van der Waals surface area contributed by atoms with Gasteiger partial charge >= 0.3 is 0 Å². The van der Waals surface area contributed by atoms with Crippen molar-refractivity contribution in [3.8, 4) is 0 Å². The fourth-order valence-corrected chi connectivity index (χ4v) is 3.93. The van der Waals surface area contributed by atoms with Gasteiger partial charge in [0, 0.05) is 37.0 Å². The summed E-state index contributed by atoms with van der Waals surface area (Å²) in [6.45, 7) is 3.30. The quantitative estimate of drug-likeness (QED) is 0.700. The third-order valence-electron chi connectivity index (χ3n) is 5.46. The van der Waals surface area contributed by atoms with Gasteiger partial charge in [-0.05, 0) is 44.0 Å². The van der Waals surface area contributed by atoms with E-state index in [1.165, 1.54) is 0 Å². The molecule has 4 rings (SSSR count). The largest absolute Gasteiger partial charge is 0.349 e. The number of rotatable bonds is 5. The molecule has 1 saturated heterocycles. The van der Waals surface area contributed by atoms with E-state index in [0.29, 0.717) is 18.5 Å². The Morgan fingerprint density at radius 3 is 2.72 bits per heavy atom. The van der Waals surface area contributed by atoms with Gasteiger partial charge in [0.25, 0.3) is 5.91 Å². The molecule has 0 radical (unpaired) electrons. The molecule has 2 atom stereocenters. The van der Waals surface area contributed by atoms with Crippen LogP contribution >= 0.6 is 0 Å². The van der Waals surface area contributed by atoms with Crippen molar-refractivity contribution in [3.63, 3.8) is 0 Å². The van der Waals surface area contributed by atoms with E-state index in [2.05, 4.69) is 10.3 Å². The topological polar surface area (TPSA) is 78.1 Å². The molecule has 0 saturated carbocycles. The number of nitrogens with one attached hydrogen (secondary N) is 2. The zero-order valence-corrected chi connectivity index (χ0v) is 16.6. The second-order valence-electron chi connectivity index (χ2n) is 7.76. The van der Waals surface area contributed by atoms with Crippen molar-refractivity contribution < 1.29 is 9.59 Å². The molecule has 2 heterocycles. The van der Waals surface area contributed by atoms with E-state index in [9.17, 15) is 9.59 Å². The van der Waals surface area contributed by atoms with Crippen molar-refractivity contribution in [2.24, 2.45) is 0 Å². The number of aromatic nitrogens is 2. The molecule has 1 aliphatic rings. The average molecular weight is 390 g/mol. The predicted octanol–water partition coefficient (Wildman–Crippen LogP) is 3.48. The molecular formula is C23H26N4O2. The Labute approximate surface area is 170 Å². The zero-order chi connectivity index (χ0) is 20.2. The third-order valence-corrected chi connectivity index (χ3v) is 5.46. The number of para-hydroxylation sites is 2. The number of imidazole rings is 1. The molecule has 0 spiro atoms. The van der Waals surface area contributed by atoms with E-state index in [1.807, 2.05) is 54.3 Å². The second-order valence-corrected chi connectivity index (χ2v) is 7.76. The van der Waals surface area contributed by atoms with Gasteiger partial charge in [-0.1, -0.05) is 30.3 Å². The van der Waals surface area contributed by atoms with Crippen molar-refractivity contribution in [2.75, 3.05) is 13.1 Å². The normalized spacial score (nSPS) is 17.8. The highest BCUT2D eigenvalue weighted by Gasteiger charge is 2.27. The van der Waals surface area contributed by atoms with Gasteiger partial charge in [-0.15, -0.1) is 0 Å². The molecule has 0 aliphatic carbocycles. The Bertz CT molecular complexity index is 965. The SMILES string of the molecule is C[C@@H](CC(=O)N1CCC[C@H](c2nc3ccccc3[nH]2)C1)NC(=O)c1ccccc1. The molecule has 1 fully saturated rings. The fraction of sp³-hybridized carbons (Fsp3) is 0.348. The van der Waals surface area contributed by atoms with E-state index in [-0.39, 0.29) is 23.8 Å². The number of piperidine rings is 1. The van der Waals surface area contributed by atoms with Crippen LogP contribution in [-0.4, -0.2) is 45.8 Å². The standard InChI is InChI=1S/C23H26N4O2/c1-16(24-23(29)17-8-3-2-4-9-17)14-21(28)27-13-7-10-18(15-27)22-25-19-11-5-6-12-20(19)26-22/h2-6,8-9,11-12,16,18H,7,10,13-15H2,1H3,(H,24,29)(H,25,26)/t16-,18-/m0/s1. The van der Waals surface area contributed by atoms with Gasteiger partial charge in [-0.2, -0.15) is 0 Å². The third kappa shape index (κ3) is 4.47. The summed E-state index contributed by atoms with van der Waals surface area (Å²) in [6, 6.07) is 16.8. The minimum atomic E-state index is -0.221. The first-order chi connectivity index (χ1) is 14.1. The highest BCUT2D eigenvalue weighted by Crippen LogP contribution is 2.27. The highest BCUT2D eigenvalue weighted by molar-refractivity contribution is 5.94. The number of hydrogen-bond acceptors (Lipinski definition) is 3. The number of H-pyrrole nitrogens is 1. The smallest absolute Gasteiger partial charge is 0.251 e. The Hall–Kier alpha value is -3.15. The molecule has 0 unspecified atom stereocenters. The lowest BCUT2D eigenvalue weighted by molar-refractivity contribution is -0.132. The number of nitrogens with zero attached hydrogens (tertiary/aromatic N) is 2. The highest BCUT2D eigenvalue weighted by atomic mass is 16.2. The summed E-state index contributed by atoms with van der Waals surface area (Å²) >= 11 is 0. The molecule has 2 N–H and O–H groups in total. The van der Waals surface area contributed by atoms with Crippen LogP contribution < -0.4 is 5.32 Å². The van der Waals surface area contributed by atoms with Crippen LogP contribution in [0.5, 0.6) is 0 Å². The number of carbonyl (C=O) groups excluding carboxylic acids is 2. The van der Waals surface area contributed by atoms with Gasteiger partial charge in [0.2, 0.25) is 5.91 Å². The number of carbonyl (C=O) groups is 2. The van der Waals surface area contributed by atoms with Gasteiger partial charge in [0.05, 0.1) is 11.0 Å². The molecule has 1 aliphatic heterocycles. The summed E-state index contributed by atoms with van der Waals surface area (Å²) in [6.07, 6.45) is 2.27. The molecular weight excluding hydrogens is 364 g/mol. The lowest BCUT2D eigenvalue weighted by Crippen LogP contribution is -2.43. The first-order valence-electron chi connectivity index (χ1n) is 10.2. The molecule has 2 aromatic carbocycles. The van der Waals surface area contributed by atoms with Crippen LogP contribution in [0.1, 0.15) is 48.3 Å². The van der Waals surface area contributed by atoms with Gasteiger partial charge in [0.1, 0.15) is 5.82 Å². The van der Waals surface area contributed by atoms with E-state index in [4.69, 9.17) is 4.98 Å². The predicted molar refractivity (Wildman–Crippen MR) is 113 cm³/mol. The van der Waals surface area contributed by atoms with Gasteiger partial charge < -0.3 is 15.2 Å². The van der Waals surface area contributed by atoms with Gasteiger partial charge in [-0.25, -0.2) is 4.98 Å². The van der Waals surface area contributed by atoms with Crippen molar-refractivity contribution in [1.82, 2.24) is 20.2 Å². The Balaban J connectivity index is 1.35. The van der Waals surface area contributed by atoms with E-state index >= 15 is 0 Å². The molecule has 2 amide bonds. The lowest BCUT2D eigenvalue weighted by atomic mass is 9.97. The van der Waals surface area contributed by atoms with Gasteiger partial charge in [-0.3, -0.25) is 9.59 Å². The number of hydrogen-bond donors (Lipinski definition) is 2. The van der Waals surface area contributed by atoms with Crippen molar-refractivity contribution >= 4 is 22.8 Å². The van der Waals surface area contributed by atoms with E-state index in [1.54, 1.807) is 12.1 Å². The Kier molecular flexibility index (Phi) is 5.60. The number of fused-ring (bicyclic) bond motifs is 1. The second kappa shape index (κ2) is 8.47. The van der Waals surface area contributed by atoms with Crippen LogP contribution in [0.4, 0.5) is 0 Å². The minimum Gasteiger partial charge on any atom is -0.349 e. The summed E-state index contributed by atoms with van der Waals surface area (Å²) in [4.78, 5) is 35.1. The summed E-state index contributed by atoms with van der Waals surface area (Å²) in [5, 5.41) is 2.92. The maximum Gasteiger partial charge on any atom is 0.251 e. The molecule has 6 nitrogen and oxygen atoms in total. The molecule has 6 heteroatoms. The van der Waals surface area contributed by atoms with Crippen LogP contribution in [0.2, 0.25) is 0 Å². The van der Waals surface area contributed by atoms with Gasteiger partial charge in [0.15, 0.2) is 0 Å². The zero-order valence-electron chi connectivity index (χ0n) is 16.6. The number of aromatic amines is 1. The summed E-state index contributed by atoms with van der Waals surface area (Å²) in [7, 11) is 0. The Morgan fingerprint density at radius 2 is 1.93 bits per heavy atom. The maximum absolute atomic E-state index is 12.8. The Morgan fingerprint density at radius 1 is 1.17 bits per heavy atom. The molecule has 29 heavy (non-hydrogen) atoms. The van der Waals surface area contributed by atoms with Crippen molar-refractivity contribution in [1.29, 1.82) is 0 Å².